The van der Waals surface area contributed by atoms with Crippen molar-refractivity contribution in [2.24, 2.45) is 0 Å². The molecule has 1 N–H and O–H groups in total. The molecule has 2 nitrogen and oxygen atoms in total. The minimum atomic E-state index is 0.342. The van der Waals surface area contributed by atoms with Crippen molar-refractivity contribution in [2.45, 2.75) is 18.9 Å². The number of benzene rings is 1. The second-order valence-electron chi connectivity index (χ2n) is 4.12. The van der Waals surface area contributed by atoms with Gasteiger partial charge in [-0.15, -0.1) is 0 Å². The predicted molar refractivity (Wildman–Crippen MR) is 77.7 cm³/mol. The zero-order valence-electron chi connectivity index (χ0n) is 9.51. The van der Waals surface area contributed by atoms with Crippen LogP contribution >= 0.6 is 31.9 Å². The summed E-state index contributed by atoms with van der Waals surface area (Å²) in [6.07, 6.45) is 2.16. The molecule has 1 unspecified atom stereocenters. The fraction of sp³-hybridized carbons (Fsp3) is 0.385. The Kier molecular flexibility index (Phi) is 4.65. The molecule has 0 radical (unpaired) electrons. The van der Waals surface area contributed by atoms with Crippen molar-refractivity contribution in [1.29, 1.82) is 0 Å². The van der Waals surface area contributed by atoms with Gasteiger partial charge in [-0.1, -0.05) is 44.5 Å². The third-order valence-corrected chi connectivity index (χ3v) is 3.56. The first-order valence-electron chi connectivity index (χ1n) is 5.66. The maximum Gasteiger partial charge on any atom is 0.125 e. The van der Waals surface area contributed by atoms with Crippen LogP contribution in [0.3, 0.4) is 0 Å². The molecule has 1 aliphatic heterocycles. The Labute approximate surface area is 119 Å². The highest BCUT2D eigenvalue weighted by Crippen LogP contribution is 2.33. The number of halogens is 2. The largest absolute Gasteiger partial charge is 0.493 e. The average molecular weight is 361 g/mol. The molecule has 0 spiro atoms. The molecule has 2 rings (SSSR count). The number of fused-ring (bicyclic) bond motifs is 1. The van der Waals surface area contributed by atoms with Gasteiger partial charge < -0.3 is 10.1 Å². The zero-order chi connectivity index (χ0) is 12.3. The summed E-state index contributed by atoms with van der Waals surface area (Å²) in [6.45, 7) is 5.41. The van der Waals surface area contributed by atoms with Crippen molar-refractivity contribution in [3.8, 4) is 5.75 Å². The van der Waals surface area contributed by atoms with Crippen LogP contribution in [0.5, 0.6) is 5.75 Å². The molecule has 0 saturated heterocycles. The van der Waals surface area contributed by atoms with E-state index in [-0.39, 0.29) is 0 Å². The lowest BCUT2D eigenvalue weighted by Crippen LogP contribution is -2.22. The van der Waals surface area contributed by atoms with E-state index in [1.807, 2.05) is 6.07 Å². The second-order valence-corrected chi connectivity index (χ2v) is 6.16. The van der Waals surface area contributed by atoms with Crippen molar-refractivity contribution in [3.63, 3.8) is 0 Å². The number of hydrogen-bond acceptors (Lipinski definition) is 2. The third-order valence-electron chi connectivity index (χ3n) is 2.79. The predicted octanol–water partition coefficient (Wildman–Crippen LogP) is 4.16. The highest BCUT2D eigenvalue weighted by Gasteiger charge is 2.19. The van der Waals surface area contributed by atoms with Gasteiger partial charge in [0.1, 0.15) is 5.75 Å². The highest BCUT2D eigenvalue weighted by molar-refractivity contribution is 9.11. The van der Waals surface area contributed by atoms with Crippen LogP contribution < -0.4 is 10.1 Å². The fourth-order valence-corrected chi connectivity index (χ4v) is 2.49. The molecule has 0 fully saturated rings. The van der Waals surface area contributed by atoms with Crippen LogP contribution in [-0.4, -0.2) is 13.2 Å². The summed E-state index contributed by atoms with van der Waals surface area (Å²) in [7, 11) is 0. The Morgan fingerprint density at radius 2 is 2.35 bits per heavy atom. The Hall–Kier alpha value is -0.320. The third kappa shape index (κ3) is 3.57. The van der Waals surface area contributed by atoms with E-state index in [0.717, 1.165) is 40.7 Å². The van der Waals surface area contributed by atoms with E-state index in [2.05, 4.69) is 55.9 Å². The average Bonchev–Trinajstić information content (AvgIpc) is 2.48. The van der Waals surface area contributed by atoms with Crippen molar-refractivity contribution in [3.05, 3.63) is 39.3 Å². The van der Waals surface area contributed by atoms with Crippen molar-refractivity contribution < 1.29 is 4.74 Å². The number of ether oxygens (including phenoxy) is 1. The van der Waals surface area contributed by atoms with Gasteiger partial charge in [-0.2, -0.15) is 0 Å². The zero-order valence-corrected chi connectivity index (χ0v) is 12.7. The summed E-state index contributed by atoms with van der Waals surface area (Å²) in [5.74, 6) is 0.981. The Morgan fingerprint density at radius 3 is 3.12 bits per heavy atom. The molecular weight excluding hydrogens is 346 g/mol. The Balaban J connectivity index is 2.20. The van der Waals surface area contributed by atoms with E-state index in [1.54, 1.807) is 0 Å². The Bertz CT molecular complexity index is 420. The first kappa shape index (κ1) is 13.1. The van der Waals surface area contributed by atoms with Gasteiger partial charge >= 0.3 is 0 Å². The van der Waals surface area contributed by atoms with E-state index in [0.29, 0.717) is 6.04 Å². The van der Waals surface area contributed by atoms with E-state index in [4.69, 9.17) is 4.74 Å². The minimum Gasteiger partial charge on any atom is -0.493 e. The molecule has 1 atom stereocenters. The molecule has 0 aromatic heterocycles. The highest BCUT2D eigenvalue weighted by atomic mass is 79.9. The standard InChI is InChI=1S/C13H15Br2NO/c1-9(14)8-16-12-3-2-6-17-13-7-10(15)4-5-11(12)13/h4-5,7,12,16H,1-3,6,8H2. The summed E-state index contributed by atoms with van der Waals surface area (Å²) in [4.78, 5) is 0. The van der Waals surface area contributed by atoms with Crippen LogP contribution in [0, 0.1) is 0 Å². The van der Waals surface area contributed by atoms with Crippen molar-refractivity contribution in [2.75, 3.05) is 13.2 Å². The molecule has 4 heteroatoms. The number of rotatable bonds is 3. The van der Waals surface area contributed by atoms with Crippen LogP contribution in [0.15, 0.2) is 33.7 Å². The molecule has 1 aromatic carbocycles. The SMILES string of the molecule is C=C(Br)CNC1CCCOc2cc(Br)ccc21. The lowest BCUT2D eigenvalue weighted by molar-refractivity contribution is 0.315. The topological polar surface area (TPSA) is 21.3 Å². The van der Waals surface area contributed by atoms with E-state index in [1.165, 1.54) is 5.56 Å². The molecule has 0 amide bonds. The summed E-state index contributed by atoms with van der Waals surface area (Å²) in [5.41, 5.74) is 1.24. The van der Waals surface area contributed by atoms with Crippen LogP contribution in [-0.2, 0) is 0 Å². The van der Waals surface area contributed by atoms with Gasteiger partial charge in [-0.25, -0.2) is 0 Å². The molecular formula is C13H15Br2NO. The van der Waals surface area contributed by atoms with E-state index >= 15 is 0 Å². The summed E-state index contributed by atoms with van der Waals surface area (Å²) in [6, 6.07) is 6.57. The van der Waals surface area contributed by atoms with Crippen LogP contribution in [0.1, 0.15) is 24.4 Å². The van der Waals surface area contributed by atoms with E-state index in [9.17, 15) is 0 Å². The van der Waals surface area contributed by atoms with Gasteiger partial charge in [0, 0.05) is 27.1 Å². The van der Waals surface area contributed by atoms with Crippen LogP contribution in [0.4, 0.5) is 0 Å². The van der Waals surface area contributed by atoms with Gasteiger partial charge in [-0.3, -0.25) is 0 Å². The summed E-state index contributed by atoms with van der Waals surface area (Å²) < 4.78 is 7.79. The van der Waals surface area contributed by atoms with Gasteiger partial charge in [0.05, 0.1) is 6.61 Å². The summed E-state index contributed by atoms with van der Waals surface area (Å²) >= 11 is 6.85. The smallest absolute Gasteiger partial charge is 0.125 e. The summed E-state index contributed by atoms with van der Waals surface area (Å²) in [5, 5.41) is 3.49. The second kappa shape index (κ2) is 6.03. The molecule has 1 aromatic rings. The number of nitrogens with one attached hydrogen (secondary N) is 1. The monoisotopic (exact) mass is 359 g/mol. The minimum absolute atomic E-state index is 0.342. The Morgan fingerprint density at radius 1 is 1.53 bits per heavy atom. The molecule has 92 valence electrons. The first-order chi connectivity index (χ1) is 8.16. The van der Waals surface area contributed by atoms with Crippen LogP contribution in [0.2, 0.25) is 0 Å². The molecule has 17 heavy (non-hydrogen) atoms. The fourth-order valence-electron chi connectivity index (χ4n) is 1.99. The van der Waals surface area contributed by atoms with E-state index < -0.39 is 0 Å². The molecule has 1 heterocycles. The van der Waals surface area contributed by atoms with Crippen molar-refractivity contribution >= 4 is 31.9 Å². The lowest BCUT2D eigenvalue weighted by Gasteiger charge is -2.18. The maximum absolute atomic E-state index is 5.76. The van der Waals surface area contributed by atoms with Gasteiger partial charge in [0.25, 0.3) is 0 Å². The van der Waals surface area contributed by atoms with Gasteiger partial charge in [-0.05, 0) is 25.0 Å². The normalized spacial score (nSPS) is 19.1. The molecule has 0 saturated carbocycles. The van der Waals surface area contributed by atoms with Crippen molar-refractivity contribution in [1.82, 2.24) is 5.32 Å². The quantitative estimate of drug-likeness (QED) is 0.873. The molecule has 0 aliphatic carbocycles. The maximum atomic E-state index is 5.76. The lowest BCUT2D eigenvalue weighted by atomic mass is 10.0. The number of hydrogen-bond donors (Lipinski definition) is 1. The molecule has 1 aliphatic rings. The van der Waals surface area contributed by atoms with Crippen LogP contribution in [0.25, 0.3) is 0 Å². The first-order valence-corrected chi connectivity index (χ1v) is 7.24. The molecule has 0 bridgehead atoms. The van der Waals surface area contributed by atoms with Gasteiger partial charge in [0.2, 0.25) is 0 Å². The van der Waals surface area contributed by atoms with Gasteiger partial charge in [0.15, 0.2) is 0 Å².